The topological polar surface area (TPSA) is 95.2 Å². The number of nitrogens with one attached hydrogen (secondary N) is 1. The van der Waals surface area contributed by atoms with Crippen LogP contribution in [0.4, 0.5) is 11.5 Å². The highest BCUT2D eigenvalue weighted by Gasteiger charge is 2.15. The van der Waals surface area contributed by atoms with Crippen molar-refractivity contribution in [1.82, 2.24) is 15.0 Å². The summed E-state index contributed by atoms with van der Waals surface area (Å²) in [4.78, 5) is 14.1. The number of thiazole rings is 1. The molecule has 0 aliphatic carbocycles. The molecule has 0 spiro atoms. The van der Waals surface area contributed by atoms with E-state index in [-0.39, 0.29) is 0 Å². The third-order valence-corrected chi connectivity index (χ3v) is 5.59. The van der Waals surface area contributed by atoms with Gasteiger partial charge in [-0.25, -0.2) is 15.0 Å². The standard InChI is InChI=1S/C24H27N5O2S/c1-4-30-21-12-18-19(13-22(21)31-5-2)28-23(9-10-25)29-24(18)27-17-8-6-7-16(11-17)20-14-32-15(3)26-20/h6-8,11-14H,4-5,9-10,25H2,1-3H3,(H,27,28,29). The van der Waals surface area contributed by atoms with Crippen LogP contribution in [0, 0.1) is 6.92 Å². The van der Waals surface area contributed by atoms with Crippen LogP contribution >= 0.6 is 11.3 Å². The minimum Gasteiger partial charge on any atom is -0.490 e. The molecule has 2 heterocycles. The average molecular weight is 450 g/mol. The summed E-state index contributed by atoms with van der Waals surface area (Å²) in [6.45, 7) is 7.46. The molecule has 4 rings (SSSR count). The van der Waals surface area contributed by atoms with Gasteiger partial charge in [0.15, 0.2) is 11.5 Å². The predicted octanol–water partition coefficient (Wildman–Crippen LogP) is 5.10. The average Bonchev–Trinajstić information content (AvgIpc) is 3.22. The van der Waals surface area contributed by atoms with E-state index in [1.165, 1.54) is 0 Å². The van der Waals surface area contributed by atoms with Crippen molar-refractivity contribution in [3.05, 3.63) is 52.6 Å². The molecule has 0 saturated carbocycles. The Bertz CT molecular complexity index is 1220. The molecule has 7 nitrogen and oxygen atoms in total. The summed E-state index contributed by atoms with van der Waals surface area (Å²) in [6.07, 6.45) is 0.583. The van der Waals surface area contributed by atoms with E-state index in [1.807, 2.05) is 45.0 Å². The third kappa shape index (κ3) is 4.81. The maximum Gasteiger partial charge on any atom is 0.163 e. The zero-order chi connectivity index (χ0) is 22.5. The van der Waals surface area contributed by atoms with Gasteiger partial charge in [0.05, 0.1) is 29.4 Å². The molecule has 0 saturated heterocycles. The second-order valence-electron chi connectivity index (χ2n) is 7.17. The smallest absolute Gasteiger partial charge is 0.163 e. The Labute approximate surface area is 191 Å². The lowest BCUT2D eigenvalue weighted by atomic mass is 10.1. The Hall–Kier alpha value is -3.23. The first-order valence-corrected chi connectivity index (χ1v) is 11.6. The molecule has 32 heavy (non-hydrogen) atoms. The molecule has 0 amide bonds. The Morgan fingerprint density at radius 1 is 1.00 bits per heavy atom. The van der Waals surface area contributed by atoms with E-state index in [2.05, 4.69) is 27.8 Å². The molecule has 0 atom stereocenters. The van der Waals surface area contributed by atoms with Gasteiger partial charge >= 0.3 is 0 Å². The first-order valence-electron chi connectivity index (χ1n) is 10.7. The van der Waals surface area contributed by atoms with Crippen molar-refractivity contribution in [2.24, 2.45) is 5.73 Å². The van der Waals surface area contributed by atoms with Crippen LogP contribution in [0.3, 0.4) is 0 Å². The SMILES string of the molecule is CCOc1cc2nc(CCN)nc(Nc3cccc(-c4csc(C)n4)c3)c2cc1OCC. The number of aryl methyl sites for hydroxylation is 1. The van der Waals surface area contributed by atoms with Gasteiger partial charge in [-0.1, -0.05) is 12.1 Å². The number of benzene rings is 2. The lowest BCUT2D eigenvalue weighted by Crippen LogP contribution is -2.09. The highest BCUT2D eigenvalue weighted by atomic mass is 32.1. The Balaban J connectivity index is 1.79. The number of fused-ring (bicyclic) bond motifs is 1. The van der Waals surface area contributed by atoms with Crippen LogP contribution < -0.4 is 20.5 Å². The van der Waals surface area contributed by atoms with Gasteiger partial charge in [0.1, 0.15) is 11.6 Å². The summed E-state index contributed by atoms with van der Waals surface area (Å²) in [5.74, 6) is 2.73. The number of anilines is 2. The summed E-state index contributed by atoms with van der Waals surface area (Å²) in [5, 5.41) is 7.43. The Kier molecular flexibility index (Phi) is 6.82. The molecular weight excluding hydrogens is 422 g/mol. The summed E-state index contributed by atoms with van der Waals surface area (Å²) in [6, 6.07) is 12.0. The van der Waals surface area contributed by atoms with E-state index >= 15 is 0 Å². The number of nitrogens with two attached hydrogens (primary N) is 1. The molecule has 0 bridgehead atoms. The van der Waals surface area contributed by atoms with Gasteiger partial charge in [-0.3, -0.25) is 0 Å². The predicted molar refractivity (Wildman–Crippen MR) is 130 cm³/mol. The summed E-state index contributed by atoms with van der Waals surface area (Å²) in [5.41, 5.74) is 9.50. The van der Waals surface area contributed by atoms with Crippen molar-refractivity contribution in [3.63, 3.8) is 0 Å². The lowest BCUT2D eigenvalue weighted by Gasteiger charge is -2.15. The lowest BCUT2D eigenvalue weighted by molar-refractivity contribution is 0.288. The van der Waals surface area contributed by atoms with Gasteiger partial charge in [-0.05, 0) is 45.5 Å². The molecule has 0 fully saturated rings. The van der Waals surface area contributed by atoms with E-state index in [4.69, 9.17) is 25.2 Å². The van der Waals surface area contributed by atoms with E-state index < -0.39 is 0 Å². The van der Waals surface area contributed by atoms with Crippen molar-refractivity contribution in [3.8, 4) is 22.8 Å². The van der Waals surface area contributed by atoms with Crippen LogP contribution in [0.5, 0.6) is 11.5 Å². The van der Waals surface area contributed by atoms with Crippen molar-refractivity contribution in [2.45, 2.75) is 27.2 Å². The number of hydrogen-bond acceptors (Lipinski definition) is 8. The highest BCUT2D eigenvalue weighted by molar-refractivity contribution is 7.09. The quantitative estimate of drug-likeness (QED) is 0.367. The highest BCUT2D eigenvalue weighted by Crippen LogP contribution is 2.36. The Morgan fingerprint density at radius 3 is 2.47 bits per heavy atom. The first-order chi connectivity index (χ1) is 15.6. The second-order valence-corrected chi connectivity index (χ2v) is 8.23. The minimum atomic E-state index is 0.471. The van der Waals surface area contributed by atoms with Gasteiger partial charge in [-0.2, -0.15) is 0 Å². The monoisotopic (exact) mass is 449 g/mol. The van der Waals surface area contributed by atoms with Crippen LogP contribution in [-0.4, -0.2) is 34.7 Å². The molecule has 4 aromatic rings. The molecule has 8 heteroatoms. The van der Waals surface area contributed by atoms with E-state index in [1.54, 1.807) is 11.3 Å². The summed E-state index contributed by atoms with van der Waals surface area (Å²) in [7, 11) is 0. The molecule has 3 N–H and O–H groups in total. The van der Waals surface area contributed by atoms with Crippen molar-refractivity contribution < 1.29 is 9.47 Å². The fourth-order valence-electron chi connectivity index (χ4n) is 3.45. The van der Waals surface area contributed by atoms with Crippen molar-refractivity contribution >= 4 is 33.7 Å². The first kappa shape index (κ1) is 22.0. The fourth-order valence-corrected chi connectivity index (χ4v) is 4.07. The van der Waals surface area contributed by atoms with Gasteiger partial charge in [0, 0.05) is 34.5 Å². The molecule has 2 aromatic carbocycles. The van der Waals surface area contributed by atoms with Crippen LogP contribution in [0.15, 0.2) is 41.8 Å². The van der Waals surface area contributed by atoms with Gasteiger partial charge < -0.3 is 20.5 Å². The van der Waals surface area contributed by atoms with Crippen LogP contribution in [0.25, 0.3) is 22.2 Å². The van der Waals surface area contributed by atoms with Gasteiger partial charge in [0.2, 0.25) is 0 Å². The number of rotatable bonds is 9. The normalized spacial score (nSPS) is 11.0. The summed E-state index contributed by atoms with van der Waals surface area (Å²) < 4.78 is 11.6. The number of nitrogens with zero attached hydrogens (tertiary/aromatic N) is 3. The van der Waals surface area contributed by atoms with E-state index in [9.17, 15) is 0 Å². The molecule has 0 aliphatic rings. The molecule has 2 aromatic heterocycles. The van der Waals surface area contributed by atoms with Crippen molar-refractivity contribution in [1.29, 1.82) is 0 Å². The van der Waals surface area contributed by atoms with Crippen molar-refractivity contribution in [2.75, 3.05) is 25.1 Å². The number of aromatic nitrogens is 3. The maximum absolute atomic E-state index is 5.82. The molecule has 166 valence electrons. The third-order valence-electron chi connectivity index (χ3n) is 4.82. The van der Waals surface area contributed by atoms with E-state index in [0.29, 0.717) is 49.3 Å². The second kappa shape index (κ2) is 9.93. The fraction of sp³-hybridized carbons (Fsp3) is 0.292. The Morgan fingerprint density at radius 2 is 1.78 bits per heavy atom. The van der Waals surface area contributed by atoms with Crippen LogP contribution in [0.1, 0.15) is 24.7 Å². The van der Waals surface area contributed by atoms with Gasteiger partial charge in [-0.15, -0.1) is 11.3 Å². The van der Waals surface area contributed by atoms with Gasteiger partial charge in [0.25, 0.3) is 0 Å². The van der Waals surface area contributed by atoms with Crippen LogP contribution in [-0.2, 0) is 6.42 Å². The molecule has 0 unspecified atom stereocenters. The molecule has 0 radical (unpaired) electrons. The molecule has 0 aliphatic heterocycles. The molecular formula is C24H27N5O2S. The minimum absolute atomic E-state index is 0.471. The van der Waals surface area contributed by atoms with E-state index in [0.717, 1.165) is 32.9 Å². The zero-order valence-electron chi connectivity index (χ0n) is 18.5. The maximum atomic E-state index is 5.82. The number of hydrogen-bond donors (Lipinski definition) is 2. The van der Waals surface area contributed by atoms with Crippen LogP contribution in [0.2, 0.25) is 0 Å². The summed E-state index contributed by atoms with van der Waals surface area (Å²) >= 11 is 1.64. The zero-order valence-corrected chi connectivity index (χ0v) is 19.3. The number of ether oxygens (including phenoxy) is 2. The largest absolute Gasteiger partial charge is 0.490 e.